The summed E-state index contributed by atoms with van der Waals surface area (Å²) in [5.41, 5.74) is 6.25. The molecule has 0 saturated heterocycles. The number of hydrogen-bond acceptors (Lipinski definition) is 4. The Labute approximate surface area is 195 Å². The normalized spacial score (nSPS) is 12.9. The zero-order valence-electron chi connectivity index (χ0n) is 16.5. The quantitative estimate of drug-likeness (QED) is 0.544. The fourth-order valence-corrected chi connectivity index (χ4v) is 5.33. The Balaban J connectivity index is 1.51. The molecule has 0 bridgehead atoms. The van der Waals surface area contributed by atoms with Crippen LogP contribution in [0.2, 0.25) is 10.0 Å². The summed E-state index contributed by atoms with van der Waals surface area (Å²) in [5.74, 6) is -1.35. The number of benzene rings is 3. The van der Waals surface area contributed by atoms with Crippen LogP contribution in [0.3, 0.4) is 0 Å². The zero-order chi connectivity index (χ0) is 22.9. The van der Waals surface area contributed by atoms with Gasteiger partial charge in [0, 0.05) is 17.1 Å². The number of hydrazine groups is 1. The lowest BCUT2D eigenvalue weighted by Crippen LogP contribution is -2.41. The van der Waals surface area contributed by atoms with Crippen LogP contribution in [-0.4, -0.2) is 26.8 Å². The minimum atomic E-state index is -3.86. The standard InChI is InChI=1S/C22H17Cl2N3O4S/c23-16-8-9-19(24)18(13-16)22(29)26-25-21(28)15-5-3-6-17(12-15)32(30,31)27-11-10-14-4-1-2-7-20(14)27/h1-9,12-13H,10-11H2,(H,25,28)(H,26,29). The number of fused-ring (bicyclic) bond motifs is 1. The van der Waals surface area contributed by atoms with E-state index < -0.39 is 21.8 Å². The lowest BCUT2D eigenvalue weighted by molar-refractivity contribution is 0.0846. The van der Waals surface area contributed by atoms with E-state index in [9.17, 15) is 18.0 Å². The topological polar surface area (TPSA) is 95.6 Å². The molecule has 2 N–H and O–H groups in total. The van der Waals surface area contributed by atoms with Gasteiger partial charge < -0.3 is 0 Å². The van der Waals surface area contributed by atoms with Crippen molar-refractivity contribution in [1.29, 1.82) is 0 Å². The van der Waals surface area contributed by atoms with Crippen molar-refractivity contribution >= 4 is 50.7 Å². The molecule has 0 radical (unpaired) electrons. The summed E-state index contributed by atoms with van der Waals surface area (Å²) in [5, 5.41) is 0.479. The number of carbonyl (C=O) groups excluding carboxylic acids is 2. The highest BCUT2D eigenvalue weighted by Crippen LogP contribution is 2.32. The van der Waals surface area contributed by atoms with E-state index >= 15 is 0 Å². The third-order valence-corrected chi connectivity index (χ3v) is 7.37. The summed E-state index contributed by atoms with van der Waals surface area (Å²) in [6.45, 7) is 0.328. The van der Waals surface area contributed by atoms with Crippen LogP contribution in [-0.2, 0) is 16.4 Å². The highest BCUT2D eigenvalue weighted by molar-refractivity contribution is 7.92. The number of amides is 2. The first-order valence-electron chi connectivity index (χ1n) is 9.54. The fraction of sp³-hybridized carbons (Fsp3) is 0.0909. The van der Waals surface area contributed by atoms with Crippen molar-refractivity contribution < 1.29 is 18.0 Å². The number of anilines is 1. The predicted molar refractivity (Wildman–Crippen MR) is 123 cm³/mol. The number of halogens is 2. The molecule has 4 rings (SSSR count). The number of nitrogens with zero attached hydrogens (tertiary/aromatic N) is 1. The van der Waals surface area contributed by atoms with Crippen molar-refractivity contribution in [2.24, 2.45) is 0 Å². The molecule has 1 aliphatic rings. The highest BCUT2D eigenvalue weighted by atomic mass is 35.5. The van der Waals surface area contributed by atoms with Gasteiger partial charge in [0.15, 0.2) is 0 Å². The second kappa shape index (κ2) is 8.82. The van der Waals surface area contributed by atoms with E-state index in [1.54, 1.807) is 12.1 Å². The van der Waals surface area contributed by atoms with Crippen molar-refractivity contribution in [1.82, 2.24) is 10.9 Å². The number of rotatable bonds is 4. The fourth-order valence-electron chi connectivity index (χ4n) is 3.41. The Morgan fingerprint density at radius 2 is 1.62 bits per heavy atom. The van der Waals surface area contributed by atoms with E-state index in [4.69, 9.17) is 23.2 Å². The lowest BCUT2D eigenvalue weighted by Gasteiger charge is -2.20. The maximum Gasteiger partial charge on any atom is 0.271 e. The SMILES string of the molecule is O=C(NNC(=O)c1cc(Cl)ccc1Cl)c1cccc(S(=O)(=O)N2CCc3ccccc32)c1. The van der Waals surface area contributed by atoms with E-state index in [1.807, 2.05) is 12.1 Å². The van der Waals surface area contributed by atoms with Crippen molar-refractivity contribution in [2.45, 2.75) is 11.3 Å². The number of sulfonamides is 1. The molecule has 0 saturated carbocycles. The molecule has 0 aliphatic carbocycles. The van der Waals surface area contributed by atoms with Gasteiger partial charge in [0.05, 0.1) is 21.2 Å². The number of carbonyl (C=O) groups is 2. The lowest BCUT2D eigenvalue weighted by atomic mass is 10.2. The summed E-state index contributed by atoms with van der Waals surface area (Å²) >= 11 is 11.9. The molecule has 2 amide bonds. The van der Waals surface area contributed by atoms with Crippen molar-refractivity contribution in [3.63, 3.8) is 0 Å². The first-order chi connectivity index (χ1) is 15.3. The van der Waals surface area contributed by atoms with E-state index in [0.29, 0.717) is 23.7 Å². The van der Waals surface area contributed by atoms with Gasteiger partial charge in [-0.15, -0.1) is 0 Å². The third-order valence-electron chi connectivity index (χ3n) is 4.99. The Morgan fingerprint density at radius 3 is 2.44 bits per heavy atom. The monoisotopic (exact) mass is 489 g/mol. The minimum absolute atomic E-state index is 0.0222. The summed E-state index contributed by atoms with van der Waals surface area (Å²) in [4.78, 5) is 24.8. The molecule has 164 valence electrons. The second-order valence-electron chi connectivity index (χ2n) is 7.02. The molecular formula is C22H17Cl2N3O4S. The molecule has 0 spiro atoms. The van der Waals surface area contributed by atoms with Crippen molar-refractivity contribution in [3.05, 3.63) is 93.5 Å². The Morgan fingerprint density at radius 1 is 0.875 bits per heavy atom. The molecule has 0 fully saturated rings. The van der Waals surface area contributed by atoms with Gasteiger partial charge in [0.1, 0.15) is 0 Å². The van der Waals surface area contributed by atoms with E-state index in [2.05, 4.69) is 10.9 Å². The van der Waals surface area contributed by atoms with Crippen LogP contribution < -0.4 is 15.2 Å². The van der Waals surface area contributed by atoms with Crippen LogP contribution in [0.5, 0.6) is 0 Å². The van der Waals surface area contributed by atoms with Crippen LogP contribution in [0.15, 0.2) is 71.6 Å². The van der Waals surface area contributed by atoms with E-state index in [1.165, 1.54) is 46.8 Å². The Hall–Kier alpha value is -3.07. The molecule has 10 heteroatoms. The second-order valence-corrected chi connectivity index (χ2v) is 9.72. The molecule has 1 aliphatic heterocycles. The summed E-state index contributed by atoms with van der Waals surface area (Å²) in [6, 6.07) is 17.3. The van der Waals surface area contributed by atoms with E-state index in [-0.39, 0.29) is 21.0 Å². The molecule has 3 aromatic rings. The minimum Gasteiger partial charge on any atom is -0.267 e. The zero-order valence-corrected chi connectivity index (χ0v) is 18.8. The van der Waals surface area contributed by atoms with Gasteiger partial charge in [0.2, 0.25) is 0 Å². The summed E-state index contributed by atoms with van der Waals surface area (Å²) in [6.07, 6.45) is 0.619. The average Bonchev–Trinajstić information content (AvgIpc) is 3.24. The maximum atomic E-state index is 13.2. The smallest absolute Gasteiger partial charge is 0.267 e. The van der Waals surface area contributed by atoms with Crippen LogP contribution >= 0.6 is 23.2 Å². The van der Waals surface area contributed by atoms with Crippen LogP contribution in [0.1, 0.15) is 26.3 Å². The van der Waals surface area contributed by atoms with Gasteiger partial charge in [-0.05, 0) is 54.4 Å². The molecule has 0 aromatic heterocycles. The first kappa shape index (κ1) is 22.1. The Kier molecular flexibility index (Phi) is 6.10. The van der Waals surface area contributed by atoms with Crippen LogP contribution in [0.25, 0.3) is 0 Å². The Bertz CT molecular complexity index is 1330. The molecule has 7 nitrogen and oxygen atoms in total. The largest absolute Gasteiger partial charge is 0.271 e. The maximum absolute atomic E-state index is 13.2. The van der Waals surface area contributed by atoms with Gasteiger partial charge in [0.25, 0.3) is 21.8 Å². The van der Waals surface area contributed by atoms with E-state index in [0.717, 1.165) is 5.56 Å². The number of hydrogen-bond donors (Lipinski definition) is 2. The number of para-hydroxylation sites is 1. The molecule has 32 heavy (non-hydrogen) atoms. The van der Waals surface area contributed by atoms with Gasteiger partial charge in [-0.25, -0.2) is 8.42 Å². The van der Waals surface area contributed by atoms with Crippen LogP contribution in [0, 0.1) is 0 Å². The first-order valence-corrected chi connectivity index (χ1v) is 11.7. The van der Waals surface area contributed by atoms with Crippen molar-refractivity contribution in [2.75, 3.05) is 10.8 Å². The van der Waals surface area contributed by atoms with Gasteiger partial charge in [-0.3, -0.25) is 24.7 Å². The summed E-state index contributed by atoms with van der Waals surface area (Å²) in [7, 11) is -3.86. The average molecular weight is 490 g/mol. The molecule has 1 heterocycles. The van der Waals surface area contributed by atoms with Crippen molar-refractivity contribution in [3.8, 4) is 0 Å². The predicted octanol–water partition coefficient (Wildman–Crippen LogP) is 3.82. The summed E-state index contributed by atoms with van der Waals surface area (Å²) < 4.78 is 27.7. The number of nitrogens with one attached hydrogen (secondary N) is 2. The molecule has 0 atom stereocenters. The molecular weight excluding hydrogens is 473 g/mol. The molecule has 0 unspecified atom stereocenters. The van der Waals surface area contributed by atoms with Gasteiger partial charge in [-0.1, -0.05) is 47.5 Å². The van der Waals surface area contributed by atoms with Gasteiger partial charge >= 0.3 is 0 Å². The van der Waals surface area contributed by atoms with Gasteiger partial charge in [-0.2, -0.15) is 0 Å². The highest BCUT2D eigenvalue weighted by Gasteiger charge is 2.31. The van der Waals surface area contributed by atoms with Crippen LogP contribution in [0.4, 0.5) is 5.69 Å². The molecule has 3 aromatic carbocycles. The third kappa shape index (κ3) is 4.29.